The van der Waals surface area contributed by atoms with Crippen molar-refractivity contribution in [3.05, 3.63) is 65.9 Å². The molecule has 29 heavy (non-hydrogen) atoms. The highest BCUT2D eigenvalue weighted by molar-refractivity contribution is 6.35. The molecule has 0 bridgehead atoms. The van der Waals surface area contributed by atoms with Crippen LogP contribution in [0.2, 0.25) is 0 Å². The van der Waals surface area contributed by atoms with E-state index in [9.17, 15) is 9.59 Å². The molecule has 2 aromatic carbocycles. The minimum absolute atomic E-state index is 0.193. The van der Waals surface area contributed by atoms with Gasteiger partial charge in [-0.25, -0.2) is 0 Å². The topological polar surface area (TPSA) is 53.1 Å². The number of imide groups is 1. The first kappa shape index (κ1) is 19.1. The zero-order valence-corrected chi connectivity index (χ0v) is 16.8. The molecule has 2 aliphatic heterocycles. The number of ether oxygens (including phenoxy) is 1. The van der Waals surface area contributed by atoms with E-state index in [0.717, 1.165) is 30.1 Å². The smallest absolute Gasteiger partial charge is 0.277 e. The summed E-state index contributed by atoms with van der Waals surface area (Å²) in [4.78, 5) is 31.7. The van der Waals surface area contributed by atoms with Crippen LogP contribution in [0.25, 0.3) is 5.57 Å². The van der Waals surface area contributed by atoms with Gasteiger partial charge >= 0.3 is 0 Å². The minimum Gasteiger partial charge on any atom is -0.495 e. The van der Waals surface area contributed by atoms with E-state index in [1.165, 1.54) is 4.90 Å². The number of nitrogens with zero attached hydrogens (tertiary/aromatic N) is 3. The molecule has 0 aromatic heterocycles. The Bertz CT molecular complexity index is 947. The molecule has 6 heteroatoms. The molecule has 1 fully saturated rings. The molecule has 0 spiro atoms. The summed E-state index contributed by atoms with van der Waals surface area (Å²) in [5, 5.41) is 0. The van der Waals surface area contributed by atoms with Crippen LogP contribution in [0.1, 0.15) is 12.5 Å². The summed E-state index contributed by atoms with van der Waals surface area (Å²) in [6, 6.07) is 17.4. The molecule has 4 rings (SSSR count). The Morgan fingerprint density at radius 3 is 2.10 bits per heavy atom. The molecule has 0 atom stereocenters. The van der Waals surface area contributed by atoms with Crippen molar-refractivity contribution in [1.82, 2.24) is 9.80 Å². The maximum absolute atomic E-state index is 13.1. The van der Waals surface area contributed by atoms with Gasteiger partial charge < -0.3 is 14.5 Å². The van der Waals surface area contributed by atoms with Gasteiger partial charge in [-0.2, -0.15) is 0 Å². The predicted octanol–water partition coefficient (Wildman–Crippen LogP) is 2.62. The third-order valence-corrected chi connectivity index (χ3v) is 5.54. The second kappa shape index (κ2) is 7.99. The molecule has 6 nitrogen and oxygen atoms in total. The SMILES string of the molecule is CCN1C(=O)C(c2ccccc2)=C(N2CCN(c3ccccc3OC)CC2)C1=O. The zero-order valence-electron chi connectivity index (χ0n) is 16.8. The highest BCUT2D eigenvalue weighted by Crippen LogP contribution is 2.33. The number of carbonyl (C=O) groups is 2. The van der Waals surface area contributed by atoms with E-state index < -0.39 is 0 Å². The first-order chi connectivity index (χ1) is 14.2. The standard InChI is InChI=1S/C23H25N3O3/c1-3-26-22(27)20(17-9-5-4-6-10-17)21(23(26)28)25-15-13-24(14-16-25)18-11-7-8-12-19(18)29-2/h4-12H,3,13-16H2,1-2H3. The fraction of sp³-hybridized carbons (Fsp3) is 0.304. The lowest BCUT2D eigenvalue weighted by atomic mass is 10.0. The fourth-order valence-electron chi connectivity index (χ4n) is 4.07. The average molecular weight is 391 g/mol. The van der Waals surface area contributed by atoms with Crippen molar-refractivity contribution in [1.29, 1.82) is 0 Å². The molecule has 1 saturated heterocycles. The van der Waals surface area contributed by atoms with Crippen molar-refractivity contribution in [3.63, 3.8) is 0 Å². The van der Waals surface area contributed by atoms with Gasteiger partial charge in [0, 0.05) is 32.7 Å². The van der Waals surface area contributed by atoms with E-state index in [-0.39, 0.29) is 11.8 Å². The van der Waals surface area contributed by atoms with Crippen LogP contribution in [0.3, 0.4) is 0 Å². The number of rotatable bonds is 5. The molecule has 150 valence electrons. The number of carbonyl (C=O) groups excluding carboxylic acids is 2. The lowest BCUT2D eigenvalue weighted by Gasteiger charge is -2.38. The van der Waals surface area contributed by atoms with Gasteiger partial charge in [-0.1, -0.05) is 42.5 Å². The molecule has 0 saturated carbocycles. The van der Waals surface area contributed by atoms with Crippen LogP contribution in [-0.2, 0) is 9.59 Å². The van der Waals surface area contributed by atoms with E-state index in [1.54, 1.807) is 7.11 Å². The maximum Gasteiger partial charge on any atom is 0.277 e. The molecule has 2 amide bonds. The first-order valence-corrected chi connectivity index (χ1v) is 9.94. The first-order valence-electron chi connectivity index (χ1n) is 9.94. The van der Waals surface area contributed by atoms with Gasteiger partial charge in [0.25, 0.3) is 11.8 Å². The van der Waals surface area contributed by atoms with Crippen LogP contribution in [0.5, 0.6) is 5.75 Å². The van der Waals surface area contributed by atoms with Crippen molar-refractivity contribution in [2.24, 2.45) is 0 Å². The van der Waals surface area contributed by atoms with Crippen LogP contribution in [-0.4, -0.2) is 61.4 Å². The highest BCUT2D eigenvalue weighted by Gasteiger charge is 2.41. The molecule has 2 heterocycles. The number of benzene rings is 2. The summed E-state index contributed by atoms with van der Waals surface area (Å²) >= 11 is 0. The quantitative estimate of drug-likeness (QED) is 0.734. The summed E-state index contributed by atoms with van der Waals surface area (Å²) in [5.74, 6) is 0.447. The predicted molar refractivity (Wildman–Crippen MR) is 113 cm³/mol. The second-order valence-electron chi connectivity index (χ2n) is 7.09. The van der Waals surface area contributed by atoms with E-state index in [4.69, 9.17) is 4.74 Å². The number of amides is 2. The average Bonchev–Trinajstić information content (AvgIpc) is 3.03. The molecular weight excluding hydrogens is 366 g/mol. The summed E-state index contributed by atoms with van der Waals surface area (Å²) in [6.07, 6.45) is 0. The van der Waals surface area contributed by atoms with E-state index >= 15 is 0 Å². The van der Waals surface area contributed by atoms with E-state index in [2.05, 4.69) is 9.80 Å². The summed E-state index contributed by atoms with van der Waals surface area (Å²) in [7, 11) is 1.67. The van der Waals surface area contributed by atoms with Crippen LogP contribution in [0.4, 0.5) is 5.69 Å². The number of hydrogen-bond donors (Lipinski definition) is 0. The van der Waals surface area contributed by atoms with Gasteiger partial charge in [0.2, 0.25) is 0 Å². The lowest BCUT2D eigenvalue weighted by molar-refractivity contribution is -0.137. The molecule has 2 aliphatic rings. The number of methoxy groups -OCH3 is 1. The van der Waals surface area contributed by atoms with Crippen molar-refractivity contribution in [2.75, 3.05) is 44.7 Å². The molecule has 0 aliphatic carbocycles. The van der Waals surface area contributed by atoms with Gasteiger partial charge in [0.05, 0.1) is 18.4 Å². The van der Waals surface area contributed by atoms with Crippen LogP contribution >= 0.6 is 0 Å². The van der Waals surface area contributed by atoms with Crippen LogP contribution < -0.4 is 9.64 Å². The normalized spacial score (nSPS) is 17.4. The third kappa shape index (κ3) is 3.35. The van der Waals surface area contributed by atoms with Crippen molar-refractivity contribution >= 4 is 23.1 Å². The molecular formula is C23H25N3O3. The Morgan fingerprint density at radius 1 is 0.828 bits per heavy atom. The van der Waals surface area contributed by atoms with Gasteiger partial charge in [-0.15, -0.1) is 0 Å². The Hall–Kier alpha value is -3.28. The Labute approximate surface area is 171 Å². The van der Waals surface area contributed by atoms with Crippen molar-refractivity contribution in [3.8, 4) is 5.75 Å². The molecule has 2 aromatic rings. The minimum atomic E-state index is -0.203. The second-order valence-corrected chi connectivity index (χ2v) is 7.09. The van der Waals surface area contributed by atoms with Crippen LogP contribution in [0, 0.1) is 0 Å². The summed E-state index contributed by atoms with van der Waals surface area (Å²) < 4.78 is 5.49. The van der Waals surface area contributed by atoms with Gasteiger partial charge in [-0.3, -0.25) is 14.5 Å². The zero-order chi connectivity index (χ0) is 20.4. The monoisotopic (exact) mass is 391 g/mol. The van der Waals surface area contributed by atoms with Gasteiger partial charge in [0.15, 0.2) is 0 Å². The van der Waals surface area contributed by atoms with E-state index in [1.807, 2.05) is 61.5 Å². The Balaban J connectivity index is 1.62. The Morgan fingerprint density at radius 2 is 1.45 bits per heavy atom. The number of likely N-dealkylation sites (N-methyl/N-ethyl adjacent to an activating group) is 1. The third-order valence-electron chi connectivity index (χ3n) is 5.54. The van der Waals surface area contributed by atoms with Crippen LogP contribution in [0.15, 0.2) is 60.3 Å². The fourth-order valence-corrected chi connectivity index (χ4v) is 4.07. The summed E-state index contributed by atoms with van der Waals surface area (Å²) in [6.45, 7) is 5.04. The summed E-state index contributed by atoms with van der Waals surface area (Å²) in [5.41, 5.74) is 2.89. The van der Waals surface area contributed by atoms with Gasteiger partial charge in [-0.05, 0) is 24.6 Å². The maximum atomic E-state index is 13.1. The number of anilines is 1. The molecule has 0 unspecified atom stereocenters. The molecule has 0 N–H and O–H groups in total. The van der Waals surface area contributed by atoms with Crippen molar-refractivity contribution < 1.29 is 14.3 Å². The number of para-hydroxylation sites is 2. The Kier molecular flexibility index (Phi) is 5.25. The lowest BCUT2D eigenvalue weighted by Crippen LogP contribution is -2.47. The number of hydrogen-bond acceptors (Lipinski definition) is 5. The molecule has 0 radical (unpaired) electrons. The van der Waals surface area contributed by atoms with E-state index in [0.29, 0.717) is 30.9 Å². The van der Waals surface area contributed by atoms with Crippen molar-refractivity contribution in [2.45, 2.75) is 6.92 Å². The van der Waals surface area contributed by atoms with Gasteiger partial charge in [0.1, 0.15) is 11.4 Å². The number of piperazine rings is 1. The highest BCUT2D eigenvalue weighted by atomic mass is 16.5. The largest absolute Gasteiger partial charge is 0.495 e.